The summed E-state index contributed by atoms with van der Waals surface area (Å²) in [6.45, 7) is 7.74. The molecule has 0 saturated carbocycles. The number of hydrogen-bond donors (Lipinski definition) is 1. The molecule has 186 valence electrons. The minimum Gasteiger partial charge on any atom is -0.371 e. The van der Waals surface area contributed by atoms with Crippen molar-refractivity contribution >= 4 is 5.91 Å². The molecule has 0 unspecified atom stereocenters. The Morgan fingerprint density at radius 3 is 2.51 bits per heavy atom. The van der Waals surface area contributed by atoms with Crippen LogP contribution in [0.2, 0.25) is 0 Å². The first-order chi connectivity index (χ1) is 16.7. The predicted molar refractivity (Wildman–Crippen MR) is 130 cm³/mol. The summed E-state index contributed by atoms with van der Waals surface area (Å²) in [5, 5.41) is 0. The first kappa shape index (κ1) is 25.0. The molecule has 2 atom stereocenters. The Balaban J connectivity index is 1.85. The second kappa shape index (κ2) is 10.3. The molecular formula is C27H32F2N4O2. The zero-order valence-corrected chi connectivity index (χ0v) is 20.4. The quantitative estimate of drug-likeness (QED) is 0.565. The number of imidazole rings is 1. The number of nitrogens with two attached hydrogens (primary N) is 1. The molecule has 0 aliphatic carbocycles. The highest BCUT2D eigenvalue weighted by molar-refractivity contribution is 5.78. The number of hydrogen-bond acceptors (Lipinski definition) is 4. The Morgan fingerprint density at radius 2 is 1.86 bits per heavy atom. The molecule has 2 N–H and O–H groups in total. The Hall–Kier alpha value is -3.10. The van der Waals surface area contributed by atoms with E-state index in [-0.39, 0.29) is 30.1 Å². The van der Waals surface area contributed by atoms with Crippen molar-refractivity contribution in [1.29, 1.82) is 0 Å². The molecule has 35 heavy (non-hydrogen) atoms. The summed E-state index contributed by atoms with van der Waals surface area (Å²) in [4.78, 5) is 19.9. The van der Waals surface area contributed by atoms with Gasteiger partial charge in [0, 0.05) is 30.8 Å². The maximum atomic E-state index is 14.0. The lowest BCUT2D eigenvalue weighted by Crippen LogP contribution is -2.45. The van der Waals surface area contributed by atoms with E-state index in [1.807, 2.05) is 21.7 Å². The number of ether oxygens (including phenoxy) is 1. The fraction of sp³-hybridized carbons (Fsp3) is 0.407. The number of carbonyl (C=O) groups excluding carboxylic acids is 1. The predicted octanol–water partition coefficient (Wildman–Crippen LogP) is 4.40. The third-order valence-electron chi connectivity index (χ3n) is 6.23. The van der Waals surface area contributed by atoms with Crippen LogP contribution in [0.5, 0.6) is 0 Å². The maximum absolute atomic E-state index is 14.0. The Morgan fingerprint density at radius 1 is 1.14 bits per heavy atom. The molecule has 1 fully saturated rings. The Kier molecular flexibility index (Phi) is 7.33. The average molecular weight is 483 g/mol. The molecule has 0 spiro atoms. The van der Waals surface area contributed by atoms with Crippen molar-refractivity contribution in [2.45, 2.75) is 33.4 Å². The van der Waals surface area contributed by atoms with E-state index in [4.69, 9.17) is 15.5 Å². The fourth-order valence-electron chi connectivity index (χ4n) is 4.61. The van der Waals surface area contributed by atoms with Gasteiger partial charge in [-0.3, -0.25) is 4.79 Å². The summed E-state index contributed by atoms with van der Waals surface area (Å²) in [5.41, 5.74) is 7.53. The van der Waals surface area contributed by atoms with Gasteiger partial charge in [-0.05, 0) is 41.8 Å². The van der Waals surface area contributed by atoms with E-state index in [1.165, 1.54) is 24.3 Å². The third-order valence-corrected chi connectivity index (χ3v) is 6.23. The van der Waals surface area contributed by atoms with E-state index >= 15 is 0 Å². The highest BCUT2D eigenvalue weighted by atomic mass is 19.1. The minimum atomic E-state index is -0.415. The smallest absolute Gasteiger partial charge is 0.249 e. The van der Waals surface area contributed by atoms with Crippen molar-refractivity contribution < 1.29 is 18.3 Å². The summed E-state index contributed by atoms with van der Waals surface area (Å²) in [7, 11) is 0. The van der Waals surface area contributed by atoms with Crippen LogP contribution in [0.1, 0.15) is 38.2 Å². The third kappa shape index (κ3) is 5.77. The molecule has 1 aliphatic heterocycles. The van der Waals surface area contributed by atoms with Crippen molar-refractivity contribution in [3.63, 3.8) is 0 Å². The lowest BCUT2D eigenvalue weighted by Gasteiger charge is -2.40. The zero-order valence-electron chi connectivity index (χ0n) is 20.4. The van der Waals surface area contributed by atoms with E-state index in [2.05, 4.69) is 20.8 Å². The molecule has 4 rings (SSSR count). The monoisotopic (exact) mass is 482 g/mol. The molecule has 6 nitrogen and oxygen atoms in total. The number of amides is 1. The van der Waals surface area contributed by atoms with Gasteiger partial charge in [-0.1, -0.05) is 45.0 Å². The van der Waals surface area contributed by atoms with E-state index in [0.29, 0.717) is 43.3 Å². The number of aromatic nitrogens is 2. The van der Waals surface area contributed by atoms with Gasteiger partial charge in [0.25, 0.3) is 0 Å². The minimum absolute atomic E-state index is 0.000575. The SMILES string of the molecule is CC(C)(C)[C@H](c1nc(-c2cccc(F)c2)cn1Cc1cccc(F)c1)N1C[C@H](CN)COCC1=O. The Bertz CT molecular complexity index is 1190. The molecule has 0 bridgehead atoms. The normalized spacial score (nSPS) is 17.9. The van der Waals surface area contributed by atoms with Crippen molar-refractivity contribution in [2.24, 2.45) is 17.1 Å². The summed E-state index contributed by atoms with van der Waals surface area (Å²) in [6.07, 6.45) is 1.84. The largest absolute Gasteiger partial charge is 0.371 e. The highest BCUT2D eigenvalue weighted by Gasteiger charge is 2.40. The van der Waals surface area contributed by atoms with Gasteiger partial charge in [-0.15, -0.1) is 0 Å². The molecular weight excluding hydrogens is 450 g/mol. The van der Waals surface area contributed by atoms with E-state index < -0.39 is 11.5 Å². The van der Waals surface area contributed by atoms with E-state index in [1.54, 1.807) is 18.2 Å². The molecule has 1 saturated heterocycles. The van der Waals surface area contributed by atoms with Crippen LogP contribution in [-0.4, -0.2) is 46.7 Å². The number of carbonyl (C=O) groups is 1. The first-order valence-electron chi connectivity index (χ1n) is 11.8. The molecule has 1 amide bonds. The molecule has 1 aromatic heterocycles. The van der Waals surface area contributed by atoms with Crippen LogP contribution in [0.3, 0.4) is 0 Å². The molecule has 3 aromatic rings. The average Bonchev–Trinajstić information content (AvgIpc) is 3.09. The summed E-state index contributed by atoms with van der Waals surface area (Å²) >= 11 is 0. The van der Waals surface area contributed by atoms with E-state index in [9.17, 15) is 13.6 Å². The molecule has 8 heteroatoms. The highest BCUT2D eigenvalue weighted by Crippen LogP contribution is 2.40. The summed E-state index contributed by atoms with van der Waals surface area (Å²) < 4.78 is 35.5. The molecule has 2 heterocycles. The number of benzene rings is 2. The van der Waals surface area contributed by atoms with Gasteiger partial charge in [-0.2, -0.15) is 0 Å². The van der Waals surface area contributed by atoms with Crippen molar-refractivity contribution in [2.75, 3.05) is 26.3 Å². The zero-order chi connectivity index (χ0) is 25.2. The number of rotatable bonds is 6. The van der Waals surface area contributed by atoms with Crippen LogP contribution in [0.4, 0.5) is 8.78 Å². The first-order valence-corrected chi connectivity index (χ1v) is 11.8. The summed E-state index contributed by atoms with van der Waals surface area (Å²) in [5.74, 6) is -0.171. The van der Waals surface area contributed by atoms with Crippen LogP contribution in [-0.2, 0) is 16.1 Å². The second-order valence-corrected chi connectivity index (χ2v) is 10.2. The molecule has 0 radical (unpaired) electrons. The second-order valence-electron chi connectivity index (χ2n) is 10.2. The number of halogens is 2. The van der Waals surface area contributed by atoms with Crippen molar-refractivity contribution in [3.05, 3.63) is 77.8 Å². The fourth-order valence-corrected chi connectivity index (χ4v) is 4.61. The topological polar surface area (TPSA) is 73.4 Å². The van der Waals surface area contributed by atoms with Gasteiger partial charge < -0.3 is 19.9 Å². The van der Waals surface area contributed by atoms with E-state index in [0.717, 1.165) is 5.56 Å². The van der Waals surface area contributed by atoms with Crippen LogP contribution in [0.15, 0.2) is 54.7 Å². The van der Waals surface area contributed by atoms with Crippen LogP contribution in [0, 0.1) is 23.0 Å². The van der Waals surface area contributed by atoms with Gasteiger partial charge in [-0.25, -0.2) is 13.8 Å². The van der Waals surface area contributed by atoms with Gasteiger partial charge in [0.15, 0.2) is 0 Å². The van der Waals surface area contributed by atoms with Gasteiger partial charge in [0.2, 0.25) is 5.91 Å². The molecule has 1 aliphatic rings. The van der Waals surface area contributed by atoms with Crippen LogP contribution < -0.4 is 5.73 Å². The summed E-state index contributed by atoms with van der Waals surface area (Å²) in [6, 6.07) is 12.2. The lowest BCUT2D eigenvalue weighted by atomic mass is 9.84. The Labute approximate surface area is 204 Å². The van der Waals surface area contributed by atoms with Crippen molar-refractivity contribution in [1.82, 2.24) is 14.5 Å². The van der Waals surface area contributed by atoms with Gasteiger partial charge >= 0.3 is 0 Å². The van der Waals surface area contributed by atoms with Gasteiger partial charge in [0.1, 0.15) is 24.1 Å². The maximum Gasteiger partial charge on any atom is 0.249 e. The van der Waals surface area contributed by atoms with Gasteiger partial charge in [0.05, 0.1) is 18.3 Å². The van der Waals surface area contributed by atoms with Crippen LogP contribution in [0.25, 0.3) is 11.3 Å². The van der Waals surface area contributed by atoms with Crippen LogP contribution >= 0.6 is 0 Å². The number of nitrogens with zero attached hydrogens (tertiary/aromatic N) is 3. The lowest BCUT2D eigenvalue weighted by molar-refractivity contribution is -0.139. The van der Waals surface area contributed by atoms with Crippen molar-refractivity contribution in [3.8, 4) is 11.3 Å². The molecule has 2 aromatic carbocycles. The standard InChI is InChI=1S/C27H32F2N4O2/c1-27(2,3)25(33-14-19(12-30)16-35-17-24(33)34)26-31-23(20-7-5-9-22(29)11-20)15-32(26)13-18-6-4-8-21(28)10-18/h4-11,15,19,25H,12-14,16-17,30H2,1-3H3/t19-,25-/m0/s1.